The Kier molecular flexibility index (Phi) is 5.40. The van der Waals surface area contributed by atoms with Crippen LogP contribution >= 0.6 is 0 Å². The Morgan fingerprint density at radius 3 is 2.27 bits per heavy atom. The molecule has 0 aromatic heterocycles. The predicted molar refractivity (Wildman–Crippen MR) is 105 cm³/mol. The van der Waals surface area contributed by atoms with Gasteiger partial charge in [-0.1, -0.05) is 24.3 Å². The predicted octanol–water partition coefficient (Wildman–Crippen LogP) is 1.10. The van der Waals surface area contributed by atoms with E-state index in [1.54, 1.807) is 19.1 Å². The van der Waals surface area contributed by atoms with Gasteiger partial charge >= 0.3 is 0 Å². The summed E-state index contributed by atoms with van der Waals surface area (Å²) < 4.78 is 12.9. The first-order valence-electron chi connectivity index (χ1n) is 10.2. The molecule has 2 fully saturated rings. The van der Waals surface area contributed by atoms with Crippen molar-refractivity contribution >= 4 is 23.6 Å². The number of hydrogen-bond donors (Lipinski definition) is 1. The Labute approximate surface area is 173 Å². The summed E-state index contributed by atoms with van der Waals surface area (Å²) in [6.07, 6.45) is 4.85. The molecule has 4 rings (SSSR count). The molecule has 158 valence electrons. The summed E-state index contributed by atoms with van der Waals surface area (Å²) in [6, 6.07) is 5.76. The average molecular weight is 413 g/mol. The zero-order valence-electron chi connectivity index (χ0n) is 16.7. The zero-order chi connectivity index (χ0) is 21.4. The van der Waals surface area contributed by atoms with Gasteiger partial charge in [-0.3, -0.25) is 24.1 Å². The highest BCUT2D eigenvalue weighted by atomic mass is 19.1. The summed E-state index contributed by atoms with van der Waals surface area (Å²) in [7, 11) is 0. The van der Waals surface area contributed by atoms with E-state index in [1.807, 2.05) is 12.2 Å². The van der Waals surface area contributed by atoms with Crippen molar-refractivity contribution in [3.63, 3.8) is 0 Å². The fraction of sp³-hybridized carbons (Fsp3) is 0.455. The number of carbonyl (C=O) groups is 4. The summed E-state index contributed by atoms with van der Waals surface area (Å²) >= 11 is 0. The highest BCUT2D eigenvalue weighted by Gasteiger charge is 2.59. The minimum atomic E-state index is -0.434. The van der Waals surface area contributed by atoms with Crippen molar-refractivity contribution in [1.82, 2.24) is 15.1 Å². The summed E-state index contributed by atoms with van der Waals surface area (Å²) in [5.41, 5.74) is 0.738. The number of amides is 4. The monoisotopic (exact) mass is 413 g/mol. The van der Waals surface area contributed by atoms with Crippen LogP contribution in [-0.4, -0.2) is 53.1 Å². The molecule has 8 heteroatoms. The van der Waals surface area contributed by atoms with Gasteiger partial charge < -0.3 is 10.2 Å². The van der Waals surface area contributed by atoms with Crippen molar-refractivity contribution in [2.75, 3.05) is 19.6 Å². The van der Waals surface area contributed by atoms with E-state index in [-0.39, 0.29) is 73.4 Å². The van der Waals surface area contributed by atoms with E-state index in [4.69, 9.17) is 0 Å². The molecule has 1 heterocycles. The number of likely N-dealkylation sites (tertiary alicyclic amines) is 1. The van der Waals surface area contributed by atoms with Gasteiger partial charge in [-0.15, -0.1) is 0 Å². The van der Waals surface area contributed by atoms with E-state index < -0.39 is 5.91 Å². The van der Waals surface area contributed by atoms with Crippen LogP contribution in [-0.2, 0) is 25.7 Å². The van der Waals surface area contributed by atoms with E-state index in [0.29, 0.717) is 0 Å². The molecule has 1 N–H and O–H groups in total. The molecule has 30 heavy (non-hydrogen) atoms. The molecule has 1 aromatic rings. The summed E-state index contributed by atoms with van der Waals surface area (Å²) in [5, 5.41) is 2.69. The van der Waals surface area contributed by atoms with Gasteiger partial charge in [-0.2, -0.15) is 0 Å². The van der Waals surface area contributed by atoms with Gasteiger partial charge in [0, 0.05) is 13.1 Å². The molecule has 1 aliphatic heterocycles. The van der Waals surface area contributed by atoms with E-state index in [9.17, 15) is 23.6 Å². The van der Waals surface area contributed by atoms with Gasteiger partial charge in [0.25, 0.3) is 0 Å². The number of halogens is 1. The second-order valence-electron chi connectivity index (χ2n) is 8.07. The maximum atomic E-state index is 12.9. The molecule has 4 unspecified atom stereocenters. The minimum absolute atomic E-state index is 0.0936. The van der Waals surface area contributed by atoms with Gasteiger partial charge in [0.2, 0.25) is 23.6 Å². The maximum absolute atomic E-state index is 12.9. The Morgan fingerprint density at radius 2 is 1.70 bits per heavy atom. The van der Waals surface area contributed by atoms with Crippen molar-refractivity contribution in [3.05, 3.63) is 47.8 Å². The molecule has 0 spiro atoms. The molecule has 7 nitrogen and oxygen atoms in total. The van der Waals surface area contributed by atoms with Crippen LogP contribution in [0.1, 0.15) is 18.9 Å². The quantitative estimate of drug-likeness (QED) is 0.536. The fourth-order valence-electron chi connectivity index (χ4n) is 4.76. The lowest BCUT2D eigenvalue weighted by Crippen LogP contribution is -2.47. The Balaban J connectivity index is 1.32. The first-order valence-corrected chi connectivity index (χ1v) is 10.2. The molecule has 2 bridgehead atoms. The smallest absolute Gasteiger partial charge is 0.243 e. The topological polar surface area (TPSA) is 86.8 Å². The summed E-state index contributed by atoms with van der Waals surface area (Å²) in [5.74, 6) is -2.19. The van der Waals surface area contributed by atoms with Crippen molar-refractivity contribution < 1.29 is 23.6 Å². The normalized spacial score (nSPS) is 26.3. The molecule has 0 radical (unpaired) electrons. The highest BCUT2D eigenvalue weighted by molar-refractivity contribution is 6.08. The van der Waals surface area contributed by atoms with Gasteiger partial charge in [0.1, 0.15) is 12.4 Å². The fourth-order valence-corrected chi connectivity index (χ4v) is 4.76. The molecular weight excluding hydrogens is 389 g/mol. The van der Waals surface area contributed by atoms with E-state index in [1.165, 1.54) is 17.0 Å². The number of benzene rings is 1. The molecule has 4 atom stereocenters. The SMILES string of the molecule is CCN(CC(=O)NCc1ccc(F)cc1)C(=O)CN1C(=O)C2C3C=CC(C3)C2C1=O. The molecule has 3 aliphatic rings. The van der Waals surface area contributed by atoms with E-state index >= 15 is 0 Å². The number of hydrogen-bond acceptors (Lipinski definition) is 4. The molecular formula is C22H24FN3O4. The lowest BCUT2D eigenvalue weighted by atomic mass is 9.85. The number of fused-ring (bicyclic) bond motifs is 5. The molecule has 1 saturated carbocycles. The third kappa shape index (κ3) is 3.62. The zero-order valence-corrected chi connectivity index (χ0v) is 16.7. The van der Waals surface area contributed by atoms with Crippen LogP contribution in [0.4, 0.5) is 4.39 Å². The third-order valence-corrected chi connectivity index (χ3v) is 6.33. The van der Waals surface area contributed by atoms with Crippen molar-refractivity contribution in [2.24, 2.45) is 23.7 Å². The van der Waals surface area contributed by atoms with Crippen LogP contribution in [0.15, 0.2) is 36.4 Å². The Hall–Kier alpha value is -3.03. The van der Waals surface area contributed by atoms with Crippen LogP contribution in [0, 0.1) is 29.5 Å². The molecule has 4 amide bonds. The summed E-state index contributed by atoms with van der Waals surface area (Å²) in [4.78, 5) is 52.8. The third-order valence-electron chi connectivity index (χ3n) is 6.33. The molecule has 1 aromatic carbocycles. The molecule has 2 aliphatic carbocycles. The second kappa shape index (κ2) is 8.01. The van der Waals surface area contributed by atoms with Crippen LogP contribution in [0.25, 0.3) is 0 Å². The Bertz CT molecular complexity index is 883. The Morgan fingerprint density at radius 1 is 1.10 bits per heavy atom. The van der Waals surface area contributed by atoms with Crippen LogP contribution < -0.4 is 5.32 Å². The number of nitrogens with zero attached hydrogens (tertiary/aromatic N) is 2. The summed E-state index contributed by atoms with van der Waals surface area (Å²) in [6.45, 7) is 1.72. The van der Waals surface area contributed by atoms with Crippen molar-refractivity contribution in [1.29, 1.82) is 0 Å². The largest absolute Gasteiger partial charge is 0.350 e. The highest BCUT2D eigenvalue weighted by Crippen LogP contribution is 2.52. The number of allylic oxidation sites excluding steroid dienone is 2. The maximum Gasteiger partial charge on any atom is 0.243 e. The van der Waals surface area contributed by atoms with Gasteiger partial charge in [-0.05, 0) is 42.9 Å². The number of carbonyl (C=O) groups excluding carboxylic acids is 4. The van der Waals surface area contributed by atoms with E-state index in [0.717, 1.165) is 16.9 Å². The van der Waals surface area contributed by atoms with Crippen LogP contribution in [0.3, 0.4) is 0 Å². The number of likely N-dealkylation sites (N-methyl/N-ethyl adjacent to an activating group) is 1. The minimum Gasteiger partial charge on any atom is -0.350 e. The lowest BCUT2D eigenvalue weighted by molar-refractivity contribution is -0.147. The van der Waals surface area contributed by atoms with Crippen molar-refractivity contribution in [3.8, 4) is 0 Å². The number of rotatable bonds is 7. The van der Waals surface area contributed by atoms with Crippen LogP contribution in [0.2, 0.25) is 0 Å². The standard InChI is InChI=1S/C22H24FN3O4/c1-2-25(11-17(27)24-10-13-3-7-16(23)8-4-13)18(28)12-26-21(29)19-14-5-6-15(9-14)20(19)22(26)30/h3-8,14-15,19-20H,2,9-12H2,1H3,(H,24,27). The molecule has 1 saturated heterocycles. The van der Waals surface area contributed by atoms with Gasteiger partial charge in [0.05, 0.1) is 18.4 Å². The van der Waals surface area contributed by atoms with Gasteiger partial charge in [0.15, 0.2) is 0 Å². The van der Waals surface area contributed by atoms with E-state index in [2.05, 4.69) is 5.32 Å². The van der Waals surface area contributed by atoms with Crippen molar-refractivity contribution in [2.45, 2.75) is 19.9 Å². The lowest BCUT2D eigenvalue weighted by Gasteiger charge is -2.24. The van der Waals surface area contributed by atoms with Gasteiger partial charge in [-0.25, -0.2) is 4.39 Å². The number of imide groups is 1. The van der Waals surface area contributed by atoms with Crippen LogP contribution in [0.5, 0.6) is 0 Å². The second-order valence-corrected chi connectivity index (χ2v) is 8.07. The first-order chi connectivity index (χ1) is 14.4. The number of nitrogens with one attached hydrogen (secondary N) is 1. The first kappa shape index (κ1) is 20.3. The average Bonchev–Trinajstić information content (AvgIpc) is 3.41.